The second-order valence-corrected chi connectivity index (χ2v) is 6.97. The van der Waals surface area contributed by atoms with Gasteiger partial charge in [0.2, 0.25) is 0 Å². The lowest BCUT2D eigenvalue weighted by Gasteiger charge is -2.39. The Labute approximate surface area is 131 Å². The molecule has 1 aliphatic rings. The fraction of sp³-hybridized carbons (Fsp3) is 0.647. The summed E-state index contributed by atoms with van der Waals surface area (Å²) in [4.78, 5) is 2.51. The van der Waals surface area contributed by atoms with Gasteiger partial charge in [0.25, 0.3) is 0 Å². The summed E-state index contributed by atoms with van der Waals surface area (Å²) in [5.74, 6) is 0.946. The molecular formula is C17H27BrN2. The first kappa shape index (κ1) is 16.0. The number of nitrogens with zero attached hydrogens (tertiary/aromatic N) is 1. The van der Waals surface area contributed by atoms with E-state index < -0.39 is 0 Å². The number of rotatable bonds is 5. The summed E-state index contributed by atoms with van der Waals surface area (Å²) in [6, 6.07) is 9.58. The fourth-order valence-corrected chi connectivity index (χ4v) is 3.88. The van der Waals surface area contributed by atoms with E-state index in [1.807, 2.05) is 0 Å². The normalized spacial score (nSPS) is 24.9. The van der Waals surface area contributed by atoms with Crippen molar-refractivity contribution >= 4 is 15.9 Å². The molecule has 1 aromatic rings. The molecule has 0 bridgehead atoms. The smallest absolute Gasteiger partial charge is 0.0470 e. The van der Waals surface area contributed by atoms with Gasteiger partial charge in [-0.2, -0.15) is 0 Å². The van der Waals surface area contributed by atoms with Crippen LogP contribution in [-0.2, 0) is 0 Å². The van der Waals surface area contributed by atoms with Crippen molar-refractivity contribution in [1.82, 2.24) is 4.90 Å². The Morgan fingerprint density at radius 3 is 2.55 bits per heavy atom. The Hall–Kier alpha value is -0.380. The van der Waals surface area contributed by atoms with Crippen LogP contribution in [0.5, 0.6) is 0 Å². The SMILES string of the molecule is CCC1CCC(N(C)C(CN)c2cccc(Br)c2)CC1. The standard InChI is InChI=1S/C17H27BrN2/c1-3-13-7-9-16(10-8-13)20(2)17(12-19)14-5-4-6-15(18)11-14/h4-6,11,13,16-17H,3,7-10,12,19H2,1-2H3. The molecular weight excluding hydrogens is 312 g/mol. The zero-order valence-corrected chi connectivity index (χ0v) is 14.3. The largest absolute Gasteiger partial charge is 0.329 e. The quantitative estimate of drug-likeness (QED) is 0.864. The van der Waals surface area contributed by atoms with Gasteiger partial charge in [0.15, 0.2) is 0 Å². The Balaban J connectivity index is 2.04. The van der Waals surface area contributed by atoms with Gasteiger partial charge in [-0.3, -0.25) is 4.90 Å². The zero-order valence-electron chi connectivity index (χ0n) is 12.7. The molecule has 0 amide bonds. The van der Waals surface area contributed by atoms with E-state index >= 15 is 0 Å². The van der Waals surface area contributed by atoms with E-state index in [1.54, 1.807) is 0 Å². The first-order valence-corrected chi connectivity index (χ1v) is 8.62. The highest BCUT2D eigenvalue weighted by molar-refractivity contribution is 9.10. The van der Waals surface area contributed by atoms with Gasteiger partial charge in [0.05, 0.1) is 0 Å². The van der Waals surface area contributed by atoms with Crippen molar-refractivity contribution in [2.24, 2.45) is 11.7 Å². The van der Waals surface area contributed by atoms with Crippen LogP contribution in [0.15, 0.2) is 28.7 Å². The van der Waals surface area contributed by atoms with Crippen LogP contribution in [0.2, 0.25) is 0 Å². The lowest BCUT2D eigenvalue weighted by Crippen LogP contribution is -2.40. The van der Waals surface area contributed by atoms with E-state index in [0.29, 0.717) is 18.6 Å². The molecule has 2 N–H and O–H groups in total. The molecule has 20 heavy (non-hydrogen) atoms. The van der Waals surface area contributed by atoms with Crippen LogP contribution in [-0.4, -0.2) is 24.5 Å². The highest BCUT2D eigenvalue weighted by Crippen LogP contribution is 2.33. The highest BCUT2D eigenvalue weighted by atomic mass is 79.9. The van der Waals surface area contributed by atoms with E-state index in [1.165, 1.54) is 37.7 Å². The number of benzene rings is 1. The highest BCUT2D eigenvalue weighted by Gasteiger charge is 2.27. The number of hydrogen-bond acceptors (Lipinski definition) is 2. The van der Waals surface area contributed by atoms with Crippen molar-refractivity contribution in [2.45, 2.75) is 51.1 Å². The summed E-state index contributed by atoms with van der Waals surface area (Å²) < 4.78 is 1.14. The Morgan fingerprint density at radius 1 is 1.30 bits per heavy atom. The van der Waals surface area contributed by atoms with Crippen molar-refractivity contribution in [3.8, 4) is 0 Å². The summed E-state index contributed by atoms with van der Waals surface area (Å²) in [6.45, 7) is 3.00. The summed E-state index contributed by atoms with van der Waals surface area (Å²) in [5.41, 5.74) is 7.38. The van der Waals surface area contributed by atoms with Crippen molar-refractivity contribution in [3.63, 3.8) is 0 Å². The summed E-state index contributed by atoms with van der Waals surface area (Å²) in [6.07, 6.45) is 6.73. The monoisotopic (exact) mass is 338 g/mol. The minimum Gasteiger partial charge on any atom is -0.329 e. The third-order valence-corrected chi connectivity index (χ3v) is 5.41. The minimum atomic E-state index is 0.329. The zero-order chi connectivity index (χ0) is 14.5. The molecule has 0 heterocycles. The maximum atomic E-state index is 6.06. The van der Waals surface area contributed by atoms with Crippen LogP contribution in [0.3, 0.4) is 0 Å². The molecule has 3 heteroatoms. The first-order valence-electron chi connectivity index (χ1n) is 7.83. The molecule has 0 aromatic heterocycles. The molecule has 0 radical (unpaired) electrons. The first-order chi connectivity index (χ1) is 9.65. The third-order valence-electron chi connectivity index (χ3n) is 4.92. The molecule has 0 aliphatic heterocycles. The number of halogens is 1. The second-order valence-electron chi connectivity index (χ2n) is 6.05. The molecule has 1 saturated carbocycles. The Morgan fingerprint density at radius 2 is 2.00 bits per heavy atom. The summed E-state index contributed by atoms with van der Waals surface area (Å²) >= 11 is 3.56. The topological polar surface area (TPSA) is 29.3 Å². The van der Waals surface area contributed by atoms with Crippen LogP contribution in [0.1, 0.15) is 50.6 Å². The van der Waals surface area contributed by atoms with Gasteiger partial charge in [-0.25, -0.2) is 0 Å². The maximum absolute atomic E-state index is 6.06. The molecule has 1 aromatic carbocycles. The van der Waals surface area contributed by atoms with Crippen molar-refractivity contribution < 1.29 is 0 Å². The number of likely N-dealkylation sites (N-methyl/N-ethyl adjacent to an activating group) is 1. The van der Waals surface area contributed by atoms with Crippen LogP contribution < -0.4 is 5.73 Å². The van der Waals surface area contributed by atoms with Crippen molar-refractivity contribution in [1.29, 1.82) is 0 Å². The minimum absolute atomic E-state index is 0.329. The lowest BCUT2D eigenvalue weighted by molar-refractivity contribution is 0.122. The summed E-state index contributed by atoms with van der Waals surface area (Å²) in [7, 11) is 2.25. The van der Waals surface area contributed by atoms with E-state index in [-0.39, 0.29) is 0 Å². The molecule has 1 fully saturated rings. The molecule has 2 rings (SSSR count). The van der Waals surface area contributed by atoms with Gasteiger partial charge in [-0.15, -0.1) is 0 Å². The van der Waals surface area contributed by atoms with Gasteiger partial charge < -0.3 is 5.73 Å². The van der Waals surface area contributed by atoms with E-state index in [0.717, 1.165) is 10.4 Å². The van der Waals surface area contributed by atoms with Crippen molar-refractivity contribution in [2.75, 3.05) is 13.6 Å². The maximum Gasteiger partial charge on any atom is 0.0470 e. The molecule has 1 aliphatic carbocycles. The van der Waals surface area contributed by atoms with Gasteiger partial charge in [-0.05, 0) is 56.3 Å². The Bertz CT molecular complexity index is 413. The van der Waals surface area contributed by atoms with Crippen LogP contribution >= 0.6 is 15.9 Å². The van der Waals surface area contributed by atoms with Gasteiger partial charge in [0.1, 0.15) is 0 Å². The number of hydrogen-bond donors (Lipinski definition) is 1. The molecule has 112 valence electrons. The lowest BCUT2D eigenvalue weighted by atomic mass is 9.83. The molecule has 0 spiro atoms. The van der Waals surface area contributed by atoms with E-state index in [9.17, 15) is 0 Å². The van der Waals surface area contributed by atoms with Gasteiger partial charge in [-0.1, -0.05) is 41.4 Å². The number of nitrogens with two attached hydrogens (primary N) is 1. The average molecular weight is 339 g/mol. The predicted molar refractivity (Wildman–Crippen MR) is 89.7 cm³/mol. The molecule has 2 nitrogen and oxygen atoms in total. The van der Waals surface area contributed by atoms with Gasteiger partial charge in [0, 0.05) is 23.1 Å². The second kappa shape index (κ2) is 7.58. The van der Waals surface area contributed by atoms with Crippen LogP contribution in [0, 0.1) is 5.92 Å². The van der Waals surface area contributed by atoms with E-state index in [2.05, 4.69) is 59.1 Å². The predicted octanol–water partition coefficient (Wildman–Crippen LogP) is 4.35. The van der Waals surface area contributed by atoms with Crippen molar-refractivity contribution in [3.05, 3.63) is 34.3 Å². The summed E-state index contributed by atoms with van der Waals surface area (Å²) in [5, 5.41) is 0. The van der Waals surface area contributed by atoms with Crippen LogP contribution in [0.25, 0.3) is 0 Å². The van der Waals surface area contributed by atoms with E-state index in [4.69, 9.17) is 5.73 Å². The van der Waals surface area contributed by atoms with Gasteiger partial charge >= 0.3 is 0 Å². The molecule has 0 saturated heterocycles. The molecule has 1 atom stereocenters. The van der Waals surface area contributed by atoms with Crippen LogP contribution in [0.4, 0.5) is 0 Å². The fourth-order valence-electron chi connectivity index (χ4n) is 3.47. The third kappa shape index (κ3) is 3.84. The Kier molecular flexibility index (Phi) is 6.06. The molecule has 1 unspecified atom stereocenters. The average Bonchev–Trinajstić information content (AvgIpc) is 2.48.